The van der Waals surface area contributed by atoms with Crippen LogP contribution in [0.5, 0.6) is 5.75 Å². The number of hydrogen-bond acceptors (Lipinski definition) is 2. The molecule has 0 aromatic carbocycles. The molecule has 1 saturated carbocycles. The van der Waals surface area contributed by atoms with Crippen molar-refractivity contribution in [2.45, 2.75) is 39.0 Å². The first-order valence-electron chi connectivity index (χ1n) is 5.28. The van der Waals surface area contributed by atoms with Gasteiger partial charge in [0, 0.05) is 0 Å². The van der Waals surface area contributed by atoms with Crippen molar-refractivity contribution in [3.05, 3.63) is 16.3 Å². The Balaban J connectivity index is 2.04. The maximum atomic E-state index is 5.84. The molecule has 1 aliphatic carbocycles. The largest absolute Gasteiger partial charge is 0.492 e. The van der Waals surface area contributed by atoms with Gasteiger partial charge in [-0.15, -0.1) is 11.3 Å². The maximum absolute atomic E-state index is 5.84. The molecule has 1 heterocycles. The summed E-state index contributed by atoms with van der Waals surface area (Å²) in [4.78, 5) is 1.37. The highest BCUT2D eigenvalue weighted by molar-refractivity contribution is 7.10. The fraction of sp³-hybridized carbons (Fsp3) is 0.667. The molecule has 0 atom stereocenters. The Morgan fingerprint density at radius 2 is 2.14 bits per heavy atom. The lowest BCUT2D eigenvalue weighted by atomic mass is 9.94. The summed E-state index contributed by atoms with van der Waals surface area (Å²) < 4.78 is 5.84. The monoisotopic (exact) mass is 210 g/mol. The lowest BCUT2D eigenvalue weighted by Crippen LogP contribution is -2.11. The zero-order valence-electron chi connectivity index (χ0n) is 9.17. The molecule has 1 aliphatic rings. The summed E-state index contributed by atoms with van der Waals surface area (Å²) in [6, 6.07) is 2.10. The predicted octanol–water partition coefficient (Wildman–Crippen LogP) is 3.83. The van der Waals surface area contributed by atoms with Crippen LogP contribution in [-0.4, -0.2) is 6.61 Å². The molecule has 0 saturated heterocycles. The lowest BCUT2D eigenvalue weighted by molar-refractivity contribution is 0.294. The van der Waals surface area contributed by atoms with Crippen LogP contribution in [0.15, 0.2) is 11.4 Å². The fourth-order valence-corrected chi connectivity index (χ4v) is 2.37. The Kier molecular flexibility index (Phi) is 2.56. The molecule has 1 fully saturated rings. The molecule has 0 bridgehead atoms. The normalized spacial score (nSPS) is 17.1. The van der Waals surface area contributed by atoms with Crippen molar-refractivity contribution in [1.82, 2.24) is 0 Å². The summed E-state index contributed by atoms with van der Waals surface area (Å²) in [5, 5.41) is 2.13. The minimum atomic E-state index is 0.215. The number of ether oxygens (including phenoxy) is 1. The zero-order chi connectivity index (χ0) is 10.2. The van der Waals surface area contributed by atoms with Crippen LogP contribution in [0.2, 0.25) is 0 Å². The lowest BCUT2D eigenvalue weighted by Gasteiger charge is -2.18. The molecule has 0 N–H and O–H groups in total. The molecule has 2 heteroatoms. The molecule has 1 aromatic rings. The van der Waals surface area contributed by atoms with Crippen LogP contribution in [0.3, 0.4) is 0 Å². The van der Waals surface area contributed by atoms with E-state index in [0.29, 0.717) is 0 Å². The van der Waals surface area contributed by atoms with Crippen LogP contribution in [0.4, 0.5) is 0 Å². The standard InChI is InChI=1S/C12H18OS/c1-12(2,3)11-10(6-7-14-11)13-8-9-4-5-9/h6-7,9H,4-5,8H2,1-3H3. The molecule has 2 rings (SSSR count). The van der Waals surface area contributed by atoms with Crippen molar-refractivity contribution >= 4 is 11.3 Å². The van der Waals surface area contributed by atoms with Gasteiger partial charge in [0.1, 0.15) is 5.75 Å². The van der Waals surface area contributed by atoms with Crippen LogP contribution in [-0.2, 0) is 5.41 Å². The van der Waals surface area contributed by atoms with E-state index in [9.17, 15) is 0 Å². The van der Waals surface area contributed by atoms with Crippen LogP contribution in [0.25, 0.3) is 0 Å². The van der Waals surface area contributed by atoms with E-state index in [0.717, 1.165) is 18.3 Å². The van der Waals surface area contributed by atoms with Crippen LogP contribution in [0, 0.1) is 5.92 Å². The zero-order valence-corrected chi connectivity index (χ0v) is 9.99. The first-order chi connectivity index (χ1) is 6.57. The first kappa shape index (κ1) is 10.0. The molecule has 0 spiro atoms. The van der Waals surface area contributed by atoms with Gasteiger partial charge in [-0.3, -0.25) is 0 Å². The van der Waals surface area contributed by atoms with Gasteiger partial charge in [-0.05, 0) is 35.6 Å². The second-order valence-electron chi connectivity index (χ2n) is 5.12. The Bertz CT molecular complexity index is 304. The van der Waals surface area contributed by atoms with Gasteiger partial charge in [-0.1, -0.05) is 20.8 Å². The minimum absolute atomic E-state index is 0.215. The third kappa shape index (κ3) is 2.30. The smallest absolute Gasteiger partial charge is 0.133 e. The average molecular weight is 210 g/mol. The molecule has 0 aliphatic heterocycles. The third-order valence-corrected chi connectivity index (χ3v) is 3.80. The van der Waals surface area contributed by atoms with E-state index in [4.69, 9.17) is 4.74 Å². The molecule has 78 valence electrons. The van der Waals surface area contributed by atoms with E-state index in [-0.39, 0.29) is 5.41 Å². The Hall–Kier alpha value is -0.500. The highest BCUT2D eigenvalue weighted by Gasteiger charge is 2.24. The van der Waals surface area contributed by atoms with E-state index < -0.39 is 0 Å². The first-order valence-corrected chi connectivity index (χ1v) is 6.16. The van der Waals surface area contributed by atoms with Gasteiger partial charge in [-0.25, -0.2) is 0 Å². The van der Waals surface area contributed by atoms with Crippen molar-refractivity contribution in [1.29, 1.82) is 0 Å². The second-order valence-corrected chi connectivity index (χ2v) is 6.03. The predicted molar refractivity (Wildman–Crippen MR) is 61.2 cm³/mol. The molecule has 0 amide bonds. The van der Waals surface area contributed by atoms with Crippen LogP contribution in [0.1, 0.15) is 38.5 Å². The summed E-state index contributed by atoms with van der Waals surface area (Å²) in [5.74, 6) is 1.94. The fourth-order valence-electron chi connectivity index (χ4n) is 1.45. The maximum Gasteiger partial charge on any atom is 0.133 e. The molecule has 0 radical (unpaired) electrons. The van der Waals surface area contributed by atoms with E-state index in [1.54, 1.807) is 11.3 Å². The van der Waals surface area contributed by atoms with Crippen LogP contribution < -0.4 is 4.74 Å². The summed E-state index contributed by atoms with van der Waals surface area (Å²) in [5.41, 5.74) is 0.215. The summed E-state index contributed by atoms with van der Waals surface area (Å²) in [6.45, 7) is 7.63. The van der Waals surface area contributed by atoms with Gasteiger partial charge in [-0.2, -0.15) is 0 Å². The Morgan fingerprint density at radius 3 is 2.71 bits per heavy atom. The minimum Gasteiger partial charge on any atom is -0.492 e. The van der Waals surface area contributed by atoms with Gasteiger partial charge >= 0.3 is 0 Å². The Labute approximate surface area is 90.1 Å². The Morgan fingerprint density at radius 1 is 1.43 bits per heavy atom. The van der Waals surface area contributed by atoms with Gasteiger partial charge in [0.05, 0.1) is 11.5 Å². The summed E-state index contributed by atoms with van der Waals surface area (Å²) >= 11 is 1.80. The number of thiophene rings is 1. The van der Waals surface area contributed by atoms with Crippen molar-refractivity contribution in [3.63, 3.8) is 0 Å². The van der Waals surface area contributed by atoms with E-state index in [2.05, 4.69) is 32.2 Å². The highest BCUT2D eigenvalue weighted by atomic mass is 32.1. The number of hydrogen-bond donors (Lipinski definition) is 0. The van der Waals surface area contributed by atoms with E-state index >= 15 is 0 Å². The summed E-state index contributed by atoms with van der Waals surface area (Å²) in [7, 11) is 0. The molecular weight excluding hydrogens is 192 g/mol. The van der Waals surface area contributed by atoms with Crippen LogP contribution >= 0.6 is 11.3 Å². The van der Waals surface area contributed by atoms with E-state index in [1.165, 1.54) is 17.7 Å². The van der Waals surface area contributed by atoms with Gasteiger partial charge in [0.15, 0.2) is 0 Å². The molecule has 1 nitrogen and oxygen atoms in total. The second kappa shape index (κ2) is 3.58. The highest BCUT2D eigenvalue weighted by Crippen LogP contribution is 2.37. The van der Waals surface area contributed by atoms with Gasteiger partial charge in [0.25, 0.3) is 0 Å². The van der Waals surface area contributed by atoms with E-state index in [1.807, 2.05) is 0 Å². The summed E-state index contributed by atoms with van der Waals surface area (Å²) in [6.07, 6.45) is 2.71. The molecule has 0 unspecified atom stereocenters. The topological polar surface area (TPSA) is 9.23 Å². The third-order valence-electron chi connectivity index (χ3n) is 2.48. The van der Waals surface area contributed by atoms with Crippen molar-refractivity contribution < 1.29 is 4.74 Å². The van der Waals surface area contributed by atoms with Gasteiger partial charge < -0.3 is 4.74 Å². The van der Waals surface area contributed by atoms with Crippen molar-refractivity contribution in [2.24, 2.45) is 5.92 Å². The van der Waals surface area contributed by atoms with Gasteiger partial charge in [0.2, 0.25) is 0 Å². The molecule has 1 aromatic heterocycles. The van der Waals surface area contributed by atoms with Crippen molar-refractivity contribution in [2.75, 3.05) is 6.61 Å². The quantitative estimate of drug-likeness (QED) is 0.736. The SMILES string of the molecule is CC(C)(C)c1sccc1OCC1CC1. The average Bonchev–Trinajstić information content (AvgIpc) is 2.77. The van der Waals surface area contributed by atoms with Crippen molar-refractivity contribution in [3.8, 4) is 5.75 Å². The number of rotatable bonds is 3. The molecule has 14 heavy (non-hydrogen) atoms. The molecular formula is C12H18OS.